The average molecular weight is 496 g/mol. The minimum atomic E-state index is -0.267. The van der Waals surface area contributed by atoms with Gasteiger partial charge in [0.1, 0.15) is 11.6 Å². The van der Waals surface area contributed by atoms with E-state index in [1.54, 1.807) is 13.3 Å². The Morgan fingerprint density at radius 2 is 1.97 bits per heavy atom. The lowest BCUT2D eigenvalue weighted by Crippen LogP contribution is -2.42. The predicted octanol–water partition coefficient (Wildman–Crippen LogP) is 3.11. The first-order valence-electron chi connectivity index (χ1n) is 12.5. The van der Waals surface area contributed by atoms with Gasteiger partial charge in [0.15, 0.2) is 0 Å². The van der Waals surface area contributed by atoms with Gasteiger partial charge in [0.05, 0.1) is 30.8 Å². The standard InChI is InChI=1S/C26H37N7O3/c1-5-25(34)28-20-17-21(23(35-4)18-22(20)32-12-8-19(9-13-32)31(2)3)29-26-27-10-7-24(30-26)33-11-6-15-36-16-14-33/h5,7,10,17-19H,1,6,8-9,11-16H2,2-4H3,(H,28,34)(H,27,29,30). The van der Waals surface area contributed by atoms with Crippen LogP contribution in [-0.4, -0.2) is 87.4 Å². The predicted molar refractivity (Wildman–Crippen MR) is 144 cm³/mol. The van der Waals surface area contributed by atoms with E-state index in [1.165, 1.54) is 6.08 Å². The van der Waals surface area contributed by atoms with Crippen LogP contribution in [0.3, 0.4) is 0 Å². The van der Waals surface area contributed by atoms with Crippen molar-refractivity contribution in [3.05, 3.63) is 37.1 Å². The van der Waals surface area contributed by atoms with Crippen LogP contribution in [0.5, 0.6) is 5.75 Å². The number of ether oxygens (including phenoxy) is 2. The molecule has 1 amide bonds. The molecule has 0 unspecified atom stereocenters. The number of carbonyl (C=O) groups excluding carboxylic acids is 1. The van der Waals surface area contributed by atoms with Gasteiger partial charge in [-0.2, -0.15) is 4.98 Å². The van der Waals surface area contributed by atoms with Gasteiger partial charge >= 0.3 is 0 Å². The van der Waals surface area contributed by atoms with Crippen LogP contribution in [0.2, 0.25) is 0 Å². The van der Waals surface area contributed by atoms with Crippen molar-refractivity contribution in [2.45, 2.75) is 25.3 Å². The molecule has 10 nitrogen and oxygen atoms in total. The van der Waals surface area contributed by atoms with Crippen molar-refractivity contribution in [3.8, 4) is 5.75 Å². The van der Waals surface area contributed by atoms with Gasteiger partial charge < -0.3 is 34.8 Å². The third-order valence-electron chi connectivity index (χ3n) is 6.73. The van der Waals surface area contributed by atoms with Crippen LogP contribution in [0.1, 0.15) is 19.3 Å². The maximum absolute atomic E-state index is 12.3. The molecule has 0 radical (unpaired) electrons. The molecule has 0 aliphatic carbocycles. The van der Waals surface area contributed by atoms with Crippen LogP contribution in [0.25, 0.3) is 0 Å². The van der Waals surface area contributed by atoms with Crippen LogP contribution in [0, 0.1) is 0 Å². The third kappa shape index (κ3) is 6.24. The Bertz CT molecular complexity index is 1050. The second-order valence-corrected chi connectivity index (χ2v) is 9.26. The molecule has 1 aromatic carbocycles. The molecular formula is C26H37N7O3. The number of piperidine rings is 1. The molecule has 0 saturated carbocycles. The van der Waals surface area contributed by atoms with Gasteiger partial charge in [-0.05, 0) is 51.6 Å². The lowest BCUT2D eigenvalue weighted by atomic mass is 10.0. The number of anilines is 5. The van der Waals surface area contributed by atoms with Crippen molar-refractivity contribution < 1.29 is 14.3 Å². The van der Waals surface area contributed by atoms with Gasteiger partial charge in [-0.1, -0.05) is 6.58 Å². The molecule has 194 valence electrons. The molecule has 0 bridgehead atoms. The monoisotopic (exact) mass is 495 g/mol. The molecule has 10 heteroatoms. The molecule has 4 rings (SSSR count). The first-order chi connectivity index (χ1) is 17.5. The van der Waals surface area contributed by atoms with E-state index in [-0.39, 0.29) is 5.91 Å². The SMILES string of the molecule is C=CC(=O)Nc1cc(Nc2nccc(N3CCCOCC3)n2)c(OC)cc1N1CCC(N(C)C)CC1. The summed E-state index contributed by atoms with van der Waals surface area (Å²) in [5, 5.41) is 6.27. The van der Waals surface area contributed by atoms with Crippen molar-refractivity contribution in [2.75, 3.05) is 81.0 Å². The number of methoxy groups -OCH3 is 1. The van der Waals surface area contributed by atoms with E-state index >= 15 is 0 Å². The van der Waals surface area contributed by atoms with Crippen LogP contribution >= 0.6 is 0 Å². The largest absolute Gasteiger partial charge is 0.494 e. The molecule has 0 spiro atoms. The second-order valence-electron chi connectivity index (χ2n) is 9.26. The van der Waals surface area contributed by atoms with Gasteiger partial charge in [0.2, 0.25) is 11.9 Å². The smallest absolute Gasteiger partial charge is 0.247 e. The molecule has 2 aromatic rings. The number of hydrogen-bond donors (Lipinski definition) is 2. The summed E-state index contributed by atoms with van der Waals surface area (Å²) in [6.45, 7) is 8.51. The molecule has 2 N–H and O–H groups in total. The molecule has 2 aliphatic rings. The van der Waals surface area contributed by atoms with Crippen LogP contribution in [0.15, 0.2) is 37.1 Å². The Morgan fingerprint density at radius 1 is 1.17 bits per heavy atom. The fraction of sp³-hybridized carbons (Fsp3) is 0.500. The van der Waals surface area contributed by atoms with Gasteiger partial charge in [0.25, 0.3) is 0 Å². The van der Waals surface area contributed by atoms with Crippen LogP contribution < -0.4 is 25.2 Å². The first-order valence-corrected chi connectivity index (χ1v) is 12.5. The van der Waals surface area contributed by atoms with Crippen LogP contribution in [0.4, 0.5) is 28.8 Å². The molecule has 0 atom stereocenters. The maximum atomic E-state index is 12.3. The summed E-state index contributed by atoms with van der Waals surface area (Å²) in [6.07, 6.45) is 6.07. The summed E-state index contributed by atoms with van der Waals surface area (Å²) in [5.41, 5.74) is 2.27. The zero-order valence-electron chi connectivity index (χ0n) is 21.5. The molecule has 3 heterocycles. The zero-order valence-corrected chi connectivity index (χ0v) is 21.5. The van der Waals surface area contributed by atoms with Crippen LogP contribution in [-0.2, 0) is 9.53 Å². The molecule has 2 saturated heterocycles. The summed E-state index contributed by atoms with van der Waals surface area (Å²) in [4.78, 5) is 28.2. The number of aromatic nitrogens is 2. The summed E-state index contributed by atoms with van der Waals surface area (Å²) in [5.74, 6) is 1.68. The minimum absolute atomic E-state index is 0.267. The molecule has 36 heavy (non-hydrogen) atoms. The van der Waals surface area contributed by atoms with E-state index in [4.69, 9.17) is 14.5 Å². The Labute approximate surface area is 213 Å². The molecule has 2 aliphatic heterocycles. The first kappa shape index (κ1) is 25.7. The number of nitrogens with zero attached hydrogens (tertiary/aromatic N) is 5. The summed E-state index contributed by atoms with van der Waals surface area (Å²) >= 11 is 0. The second kappa shape index (κ2) is 12.0. The number of amides is 1. The summed E-state index contributed by atoms with van der Waals surface area (Å²) in [7, 11) is 5.88. The third-order valence-corrected chi connectivity index (χ3v) is 6.73. The Kier molecular flexibility index (Phi) is 8.61. The molecular weight excluding hydrogens is 458 g/mol. The minimum Gasteiger partial charge on any atom is -0.494 e. The van der Waals surface area contributed by atoms with E-state index < -0.39 is 0 Å². The molecule has 2 fully saturated rings. The Morgan fingerprint density at radius 3 is 2.69 bits per heavy atom. The number of nitrogens with one attached hydrogen (secondary N) is 2. The zero-order chi connectivity index (χ0) is 25.5. The highest BCUT2D eigenvalue weighted by Crippen LogP contribution is 2.39. The number of rotatable bonds is 8. The quantitative estimate of drug-likeness (QED) is 0.536. The lowest BCUT2D eigenvalue weighted by Gasteiger charge is -2.37. The fourth-order valence-electron chi connectivity index (χ4n) is 4.69. The Hall–Kier alpha value is -3.37. The van der Waals surface area contributed by atoms with E-state index in [0.29, 0.717) is 35.7 Å². The van der Waals surface area contributed by atoms with Crippen molar-refractivity contribution in [2.24, 2.45) is 0 Å². The van der Waals surface area contributed by atoms with Crippen molar-refractivity contribution in [1.82, 2.24) is 14.9 Å². The van der Waals surface area contributed by atoms with Gasteiger partial charge in [-0.15, -0.1) is 0 Å². The van der Waals surface area contributed by atoms with E-state index in [1.807, 2.05) is 18.2 Å². The summed E-state index contributed by atoms with van der Waals surface area (Å²) < 4.78 is 11.3. The molecule has 1 aromatic heterocycles. The maximum Gasteiger partial charge on any atom is 0.247 e. The number of benzene rings is 1. The van der Waals surface area contributed by atoms with Gasteiger partial charge in [-0.3, -0.25) is 4.79 Å². The highest BCUT2D eigenvalue weighted by atomic mass is 16.5. The average Bonchev–Trinajstić information content (AvgIpc) is 3.19. The van der Waals surface area contributed by atoms with Crippen molar-refractivity contribution in [1.29, 1.82) is 0 Å². The highest BCUT2D eigenvalue weighted by molar-refractivity contribution is 6.02. The van der Waals surface area contributed by atoms with Crippen molar-refractivity contribution >= 4 is 34.7 Å². The van der Waals surface area contributed by atoms with E-state index in [9.17, 15) is 4.79 Å². The van der Waals surface area contributed by atoms with E-state index in [0.717, 1.165) is 63.6 Å². The topological polar surface area (TPSA) is 95.1 Å². The van der Waals surface area contributed by atoms with E-state index in [2.05, 4.69) is 51.0 Å². The van der Waals surface area contributed by atoms with Gasteiger partial charge in [-0.25, -0.2) is 4.98 Å². The van der Waals surface area contributed by atoms with Crippen molar-refractivity contribution in [3.63, 3.8) is 0 Å². The number of carbonyl (C=O) groups is 1. The Balaban J connectivity index is 1.61. The van der Waals surface area contributed by atoms with Gasteiger partial charge in [0, 0.05) is 51.1 Å². The highest BCUT2D eigenvalue weighted by Gasteiger charge is 2.24. The summed E-state index contributed by atoms with van der Waals surface area (Å²) in [6, 6.07) is 6.30. The lowest BCUT2D eigenvalue weighted by molar-refractivity contribution is -0.111. The number of hydrogen-bond acceptors (Lipinski definition) is 9. The fourth-order valence-corrected chi connectivity index (χ4v) is 4.69. The normalized spacial score (nSPS) is 17.0.